The molecule has 138 valence electrons. The largest absolute Gasteiger partial charge is 0.497 e. The molecular weight excluding hydrogens is 330 g/mol. The molecule has 2 heterocycles. The number of ether oxygens (including phenoxy) is 2. The van der Waals surface area contributed by atoms with Crippen LogP contribution in [0.15, 0.2) is 30.5 Å². The van der Waals surface area contributed by atoms with Gasteiger partial charge in [0.2, 0.25) is 5.91 Å². The summed E-state index contributed by atoms with van der Waals surface area (Å²) in [5, 5.41) is 5.22. The first-order valence-electron chi connectivity index (χ1n) is 8.83. The number of rotatable bonds is 8. The normalized spacial score (nSPS) is 11.2. The molecule has 1 N–H and O–H groups in total. The second-order valence-corrected chi connectivity index (χ2v) is 6.27. The summed E-state index contributed by atoms with van der Waals surface area (Å²) in [4.78, 5) is 16.4. The maximum absolute atomic E-state index is 11.9. The summed E-state index contributed by atoms with van der Waals surface area (Å²) in [6.45, 7) is 3.85. The van der Waals surface area contributed by atoms with Gasteiger partial charge < -0.3 is 19.4 Å². The monoisotopic (exact) mass is 355 g/mol. The van der Waals surface area contributed by atoms with Crippen LogP contribution in [0.25, 0.3) is 21.8 Å². The van der Waals surface area contributed by atoms with Crippen molar-refractivity contribution in [3.05, 3.63) is 36.2 Å². The zero-order valence-corrected chi connectivity index (χ0v) is 15.5. The smallest absolute Gasteiger partial charge is 0.220 e. The van der Waals surface area contributed by atoms with E-state index < -0.39 is 0 Å². The number of nitrogens with one attached hydrogen (secondary N) is 1. The van der Waals surface area contributed by atoms with E-state index in [9.17, 15) is 4.79 Å². The minimum Gasteiger partial charge on any atom is -0.497 e. The van der Waals surface area contributed by atoms with E-state index in [1.54, 1.807) is 14.2 Å². The molecule has 0 saturated heterocycles. The van der Waals surface area contributed by atoms with E-state index in [2.05, 4.69) is 20.9 Å². The van der Waals surface area contributed by atoms with Crippen LogP contribution >= 0.6 is 0 Å². The number of aromatic nitrogens is 2. The molecule has 0 spiro atoms. The number of carbonyl (C=O) groups excluding carboxylic acids is 1. The first-order chi connectivity index (χ1) is 12.7. The van der Waals surface area contributed by atoms with Crippen molar-refractivity contribution in [2.45, 2.75) is 26.3 Å². The molecule has 2 aromatic heterocycles. The lowest BCUT2D eigenvalue weighted by Crippen LogP contribution is -2.26. The Balaban J connectivity index is 1.87. The number of pyridine rings is 1. The summed E-state index contributed by atoms with van der Waals surface area (Å²) in [6.07, 6.45) is 3.08. The van der Waals surface area contributed by atoms with E-state index in [-0.39, 0.29) is 5.91 Å². The van der Waals surface area contributed by atoms with Crippen LogP contribution in [0, 0.1) is 6.92 Å². The summed E-state index contributed by atoms with van der Waals surface area (Å²) in [5.41, 5.74) is 3.22. The molecule has 1 amide bonds. The van der Waals surface area contributed by atoms with Gasteiger partial charge in [0, 0.05) is 49.7 Å². The summed E-state index contributed by atoms with van der Waals surface area (Å²) in [7, 11) is 3.30. The fraction of sp³-hybridized carbons (Fsp3) is 0.400. The van der Waals surface area contributed by atoms with Crippen LogP contribution in [-0.4, -0.2) is 42.8 Å². The van der Waals surface area contributed by atoms with Crippen LogP contribution in [0.2, 0.25) is 0 Å². The molecule has 0 fully saturated rings. The fourth-order valence-corrected chi connectivity index (χ4v) is 3.34. The van der Waals surface area contributed by atoms with Crippen molar-refractivity contribution in [1.29, 1.82) is 0 Å². The lowest BCUT2D eigenvalue weighted by atomic mass is 10.1. The Bertz CT molecular complexity index is 917. The SMILES string of the molecule is COCCNC(=O)CCCn1c2cc(OC)ccc2c2ccnc(C)c21. The van der Waals surface area contributed by atoms with Gasteiger partial charge in [0.25, 0.3) is 0 Å². The third-order valence-electron chi connectivity index (χ3n) is 4.58. The second-order valence-electron chi connectivity index (χ2n) is 6.27. The summed E-state index contributed by atoms with van der Waals surface area (Å²) in [5.74, 6) is 0.875. The Hall–Kier alpha value is -2.60. The van der Waals surface area contributed by atoms with Crippen molar-refractivity contribution in [1.82, 2.24) is 14.9 Å². The molecule has 0 atom stereocenters. The Kier molecular flexibility index (Phi) is 5.73. The van der Waals surface area contributed by atoms with Gasteiger partial charge in [-0.05, 0) is 31.5 Å². The molecular formula is C20H25N3O3. The number of nitrogens with zero attached hydrogens (tertiary/aromatic N) is 2. The zero-order chi connectivity index (χ0) is 18.5. The highest BCUT2D eigenvalue weighted by Gasteiger charge is 2.14. The molecule has 1 aromatic carbocycles. The number of aryl methyl sites for hydroxylation is 2. The molecule has 0 aliphatic rings. The van der Waals surface area contributed by atoms with Crippen LogP contribution in [0.1, 0.15) is 18.5 Å². The predicted octanol–water partition coefficient (Wildman–Crippen LogP) is 3.05. The minimum atomic E-state index is 0.0512. The minimum absolute atomic E-state index is 0.0512. The standard InChI is InChI=1S/C20H25N3O3/c1-14-20-17(8-9-21-14)16-7-6-15(26-3)13-18(16)23(20)11-4-5-19(24)22-10-12-25-2/h6-9,13H,4-5,10-12H2,1-3H3,(H,22,24). The number of methoxy groups -OCH3 is 2. The van der Waals surface area contributed by atoms with Crippen molar-refractivity contribution in [2.24, 2.45) is 0 Å². The van der Waals surface area contributed by atoms with Crippen molar-refractivity contribution >= 4 is 27.7 Å². The number of fused-ring (bicyclic) bond motifs is 3. The van der Waals surface area contributed by atoms with Crippen molar-refractivity contribution in [3.63, 3.8) is 0 Å². The number of carbonyl (C=O) groups is 1. The van der Waals surface area contributed by atoms with E-state index in [1.807, 2.05) is 31.3 Å². The van der Waals surface area contributed by atoms with Gasteiger partial charge in [-0.3, -0.25) is 9.78 Å². The maximum Gasteiger partial charge on any atom is 0.220 e. The first kappa shape index (κ1) is 18.2. The highest BCUT2D eigenvalue weighted by Crippen LogP contribution is 2.32. The second kappa shape index (κ2) is 8.19. The van der Waals surface area contributed by atoms with Crippen LogP contribution < -0.4 is 10.1 Å². The van der Waals surface area contributed by atoms with Gasteiger partial charge in [-0.15, -0.1) is 0 Å². The van der Waals surface area contributed by atoms with Gasteiger partial charge in [-0.1, -0.05) is 0 Å². The number of hydrogen-bond acceptors (Lipinski definition) is 4. The van der Waals surface area contributed by atoms with E-state index >= 15 is 0 Å². The van der Waals surface area contributed by atoms with Crippen LogP contribution in [0.5, 0.6) is 5.75 Å². The van der Waals surface area contributed by atoms with Crippen molar-refractivity contribution < 1.29 is 14.3 Å². The molecule has 6 heteroatoms. The van der Waals surface area contributed by atoms with Gasteiger partial charge in [-0.2, -0.15) is 0 Å². The zero-order valence-electron chi connectivity index (χ0n) is 15.5. The Morgan fingerprint density at radius 3 is 2.85 bits per heavy atom. The van der Waals surface area contributed by atoms with Gasteiger partial charge in [0.1, 0.15) is 5.75 Å². The highest BCUT2D eigenvalue weighted by atomic mass is 16.5. The lowest BCUT2D eigenvalue weighted by Gasteiger charge is -2.10. The average molecular weight is 355 g/mol. The first-order valence-corrected chi connectivity index (χ1v) is 8.83. The molecule has 0 unspecified atom stereocenters. The van der Waals surface area contributed by atoms with Gasteiger partial charge in [0.15, 0.2) is 0 Å². The fourth-order valence-electron chi connectivity index (χ4n) is 3.34. The molecule has 3 aromatic rings. The van der Waals surface area contributed by atoms with E-state index in [0.29, 0.717) is 19.6 Å². The predicted molar refractivity (Wildman–Crippen MR) is 103 cm³/mol. The molecule has 0 aliphatic heterocycles. The van der Waals surface area contributed by atoms with Crippen molar-refractivity contribution in [2.75, 3.05) is 27.4 Å². The van der Waals surface area contributed by atoms with E-state index in [1.165, 1.54) is 10.8 Å². The summed E-state index contributed by atoms with van der Waals surface area (Å²) < 4.78 is 12.6. The van der Waals surface area contributed by atoms with Crippen molar-refractivity contribution in [3.8, 4) is 5.75 Å². The average Bonchev–Trinajstić information content (AvgIpc) is 2.96. The maximum atomic E-state index is 11.9. The van der Waals surface area contributed by atoms with E-state index in [4.69, 9.17) is 9.47 Å². The molecule has 0 bridgehead atoms. The van der Waals surface area contributed by atoms with Crippen LogP contribution in [0.3, 0.4) is 0 Å². The lowest BCUT2D eigenvalue weighted by molar-refractivity contribution is -0.121. The number of hydrogen-bond donors (Lipinski definition) is 1. The van der Waals surface area contributed by atoms with Gasteiger partial charge >= 0.3 is 0 Å². The van der Waals surface area contributed by atoms with E-state index in [0.717, 1.165) is 35.4 Å². The molecule has 26 heavy (non-hydrogen) atoms. The molecule has 0 radical (unpaired) electrons. The molecule has 6 nitrogen and oxygen atoms in total. The topological polar surface area (TPSA) is 65.4 Å². The third-order valence-corrected chi connectivity index (χ3v) is 4.58. The molecule has 3 rings (SSSR count). The number of benzene rings is 1. The third kappa shape index (κ3) is 3.65. The Morgan fingerprint density at radius 1 is 1.23 bits per heavy atom. The van der Waals surface area contributed by atoms with Gasteiger partial charge in [0.05, 0.1) is 30.4 Å². The van der Waals surface area contributed by atoms with Crippen LogP contribution in [0.4, 0.5) is 0 Å². The Morgan fingerprint density at radius 2 is 2.08 bits per heavy atom. The van der Waals surface area contributed by atoms with Gasteiger partial charge in [-0.25, -0.2) is 0 Å². The quantitative estimate of drug-likeness (QED) is 0.631. The molecule has 0 aliphatic carbocycles. The molecule has 0 saturated carbocycles. The van der Waals surface area contributed by atoms with Crippen LogP contribution in [-0.2, 0) is 16.1 Å². The number of amides is 1. The summed E-state index contributed by atoms with van der Waals surface area (Å²) >= 11 is 0. The highest BCUT2D eigenvalue weighted by molar-refractivity contribution is 6.09. The summed E-state index contributed by atoms with van der Waals surface area (Å²) in [6, 6.07) is 8.16. The Labute approximate surface area is 153 Å².